The van der Waals surface area contributed by atoms with E-state index in [1.54, 1.807) is 6.07 Å². The van der Waals surface area contributed by atoms with Crippen LogP contribution in [0.4, 0.5) is 22.7 Å². The van der Waals surface area contributed by atoms with Crippen LogP contribution in [0, 0.1) is 22.0 Å². The fourth-order valence-electron chi connectivity index (χ4n) is 6.27. The van der Waals surface area contributed by atoms with Crippen LogP contribution < -0.4 is 15.1 Å². The monoisotopic (exact) mass is 530 g/mol. The third-order valence-electron chi connectivity index (χ3n) is 8.02. The Morgan fingerprint density at radius 1 is 0.825 bits per heavy atom. The van der Waals surface area contributed by atoms with Crippen molar-refractivity contribution in [2.45, 2.75) is 12.1 Å². The molecule has 9 heteroatoms. The summed E-state index contributed by atoms with van der Waals surface area (Å²) >= 11 is 0. The molecule has 9 nitrogen and oxygen atoms in total. The second-order valence-corrected chi connectivity index (χ2v) is 10.1. The third-order valence-corrected chi connectivity index (χ3v) is 8.02. The summed E-state index contributed by atoms with van der Waals surface area (Å²) in [7, 11) is 0. The molecule has 40 heavy (non-hydrogen) atoms. The molecule has 3 heterocycles. The van der Waals surface area contributed by atoms with Crippen LogP contribution in [0.3, 0.4) is 0 Å². The highest BCUT2D eigenvalue weighted by Gasteiger charge is 2.64. The molecule has 0 saturated carbocycles. The molecule has 0 radical (unpaired) electrons. The maximum atomic E-state index is 14.1. The Morgan fingerprint density at radius 2 is 1.52 bits per heavy atom. The van der Waals surface area contributed by atoms with Crippen molar-refractivity contribution >= 4 is 57.3 Å². The van der Waals surface area contributed by atoms with Crippen LogP contribution in [0.15, 0.2) is 97.1 Å². The first kappa shape index (κ1) is 23.8. The van der Waals surface area contributed by atoms with Gasteiger partial charge in [-0.05, 0) is 46.7 Å². The van der Waals surface area contributed by atoms with E-state index in [1.807, 2.05) is 77.7 Å². The lowest BCUT2D eigenvalue weighted by atomic mass is 9.88. The zero-order valence-electron chi connectivity index (χ0n) is 21.0. The van der Waals surface area contributed by atoms with E-state index in [2.05, 4.69) is 5.32 Å². The maximum Gasteiger partial charge on any atom is 0.269 e. The number of rotatable bonds is 4. The molecule has 2 fully saturated rings. The van der Waals surface area contributed by atoms with Crippen LogP contribution in [0.25, 0.3) is 16.8 Å². The van der Waals surface area contributed by atoms with E-state index >= 15 is 0 Å². The van der Waals surface area contributed by atoms with Crippen molar-refractivity contribution in [2.75, 3.05) is 15.1 Å². The summed E-state index contributed by atoms with van der Waals surface area (Å²) in [5.41, 5.74) is 2.39. The molecule has 3 aliphatic rings. The Bertz CT molecular complexity index is 1770. The van der Waals surface area contributed by atoms with Crippen LogP contribution in [0.1, 0.15) is 5.56 Å². The number of carbonyl (C=O) groups is 3. The molecule has 196 valence electrons. The van der Waals surface area contributed by atoms with Crippen molar-refractivity contribution < 1.29 is 19.3 Å². The van der Waals surface area contributed by atoms with Gasteiger partial charge >= 0.3 is 0 Å². The Kier molecular flexibility index (Phi) is 5.28. The minimum absolute atomic E-state index is 0.100. The van der Waals surface area contributed by atoms with E-state index in [0.717, 1.165) is 22.0 Å². The van der Waals surface area contributed by atoms with E-state index in [-0.39, 0.29) is 11.6 Å². The number of hydrogen-bond acceptors (Lipinski definition) is 6. The summed E-state index contributed by atoms with van der Waals surface area (Å²) in [5, 5.41) is 15.8. The van der Waals surface area contributed by atoms with E-state index < -0.39 is 40.7 Å². The minimum atomic E-state index is -0.974. The molecule has 0 bridgehead atoms. The Labute approximate surface area is 228 Å². The van der Waals surface area contributed by atoms with E-state index in [9.17, 15) is 24.5 Å². The largest absolute Gasteiger partial charge is 0.351 e. The van der Waals surface area contributed by atoms with Crippen LogP contribution in [0.2, 0.25) is 0 Å². The van der Waals surface area contributed by atoms with E-state index in [0.29, 0.717) is 11.4 Å². The molecule has 0 aliphatic carbocycles. The second-order valence-electron chi connectivity index (χ2n) is 10.1. The number of nitro groups is 1. The summed E-state index contributed by atoms with van der Waals surface area (Å²) < 4.78 is 0. The van der Waals surface area contributed by atoms with Gasteiger partial charge in [-0.25, -0.2) is 4.90 Å². The maximum absolute atomic E-state index is 14.1. The molecular weight excluding hydrogens is 508 g/mol. The SMILES string of the molecule is O=C(Nc1ccc([N+](=O)[O-])cc1)[C@@H]1[C@@H]2C(=O)N(c3ccc4ccccc4c3)C(=O)[C@@H]2[C@H]2C=Cc3ccccc3N21. The molecule has 0 aromatic heterocycles. The summed E-state index contributed by atoms with van der Waals surface area (Å²) in [6, 6.07) is 24.8. The smallest absolute Gasteiger partial charge is 0.269 e. The number of non-ortho nitro benzene ring substituents is 1. The first-order chi connectivity index (χ1) is 19.4. The van der Waals surface area contributed by atoms with Gasteiger partial charge < -0.3 is 10.2 Å². The molecule has 3 amide bonds. The average molecular weight is 531 g/mol. The number of hydrogen-bond donors (Lipinski definition) is 1. The number of amides is 3. The second kappa shape index (κ2) is 8.88. The van der Waals surface area contributed by atoms with Crippen molar-refractivity contribution in [1.29, 1.82) is 0 Å². The summed E-state index contributed by atoms with van der Waals surface area (Å²) in [4.78, 5) is 55.6. The Morgan fingerprint density at radius 3 is 2.30 bits per heavy atom. The summed E-state index contributed by atoms with van der Waals surface area (Å²) in [5.74, 6) is -2.89. The molecule has 4 atom stereocenters. The van der Waals surface area contributed by atoms with Gasteiger partial charge in [-0.15, -0.1) is 0 Å². The average Bonchev–Trinajstić information content (AvgIpc) is 3.45. The van der Waals surface area contributed by atoms with Gasteiger partial charge in [-0.2, -0.15) is 0 Å². The quantitative estimate of drug-likeness (QED) is 0.231. The van der Waals surface area contributed by atoms with Crippen molar-refractivity contribution in [1.82, 2.24) is 0 Å². The number of imide groups is 1. The lowest BCUT2D eigenvalue weighted by Crippen LogP contribution is -2.50. The van der Waals surface area contributed by atoms with Crippen LogP contribution in [-0.4, -0.2) is 34.7 Å². The number of benzene rings is 4. The summed E-state index contributed by atoms with van der Waals surface area (Å²) in [6.45, 7) is 0. The Hall–Kier alpha value is -5.31. The fourth-order valence-corrected chi connectivity index (χ4v) is 6.27. The fraction of sp³-hybridized carbons (Fsp3) is 0.129. The summed E-state index contributed by atoms with van der Waals surface area (Å²) in [6.07, 6.45) is 3.83. The van der Waals surface area contributed by atoms with E-state index in [1.165, 1.54) is 29.2 Å². The topological polar surface area (TPSA) is 113 Å². The number of anilines is 3. The van der Waals surface area contributed by atoms with Gasteiger partial charge in [0.05, 0.1) is 28.5 Å². The van der Waals surface area contributed by atoms with Crippen molar-refractivity contribution in [3.05, 3.63) is 113 Å². The van der Waals surface area contributed by atoms with Gasteiger partial charge in [0.2, 0.25) is 17.7 Å². The van der Waals surface area contributed by atoms with Crippen LogP contribution in [-0.2, 0) is 14.4 Å². The lowest BCUT2D eigenvalue weighted by Gasteiger charge is -2.36. The predicted molar refractivity (Wildman–Crippen MR) is 151 cm³/mol. The number of para-hydroxylation sites is 1. The number of nitrogens with zero attached hydrogens (tertiary/aromatic N) is 3. The standard InChI is InChI=1S/C31H22N4O5/c36-29(32-21-11-14-22(15-12-21)35(39)40)28-27-26(25-16-10-19-6-3-4-8-24(19)34(25)28)30(37)33(31(27)38)23-13-9-18-5-1-2-7-20(18)17-23/h1-17,25-28H,(H,32,36)/t25-,26-,27-,28+/m1/s1. The zero-order valence-corrected chi connectivity index (χ0v) is 21.0. The normalized spacial score (nSPS) is 22.7. The van der Waals surface area contributed by atoms with Crippen molar-refractivity contribution in [3.8, 4) is 0 Å². The molecule has 1 N–H and O–H groups in total. The highest BCUT2D eigenvalue weighted by Crippen LogP contribution is 2.49. The lowest BCUT2D eigenvalue weighted by molar-refractivity contribution is -0.384. The molecular formula is C31H22N4O5. The number of carbonyl (C=O) groups excluding carboxylic acids is 3. The van der Waals surface area contributed by atoms with Gasteiger partial charge in [0, 0.05) is 23.5 Å². The molecule has 0 unspecified atom stereocenters. The first-order valence-electron chi connectivity index (χ1n) is 12.9. The molecule has 4 aromatic rings. The molecule has 4 aromatic carbocycles. The predicted octanol–water partition coefficient (Wildman–Crippen LogP) is 4.78. The Balaban J connectivity index is 1.29. The first-order valence-corrected chi connectivity index (χ1v) is 12.9. The molecule has 0 spiro atoms. The molecule has 2 saturated heterocycles. The number of nitro benzene ring substituents is 1. The van der Waals surface area contributed by atoms with Crippen molar-refractivity contribution in [2.24, 2.45) is 11.8 Å². The minimum Gasteiger partial charge on any atom is -0.351 e. The van der Waals surface area contributed by atoms with E-state index in [4.69, 9.17) is 0 Å². The van der Waals surface area contributed by atoms with Gasteiger partial charge in [-0.3, -0.25) is 24.5 Å². The number of fused-ring (bicyclic) bond motifs is 6. The van der Waals surface area contributed by atoms with Gasteiger partial charge in [-0.1, -0.05) is 60.7 Å². The molecule has 3 aliphatic heterocycles. The van der Waals surface area contributed by atoms with Gasteiger partial charge in [0.1, 0.15) is 6.04 Å². The highest BCUT2D eigenvalue weighted by molar-refractivity contribution is 6.25. The van der Waals surface area contributed by atoms with Gasteiger partial charge in [0.15, 0.2) is 0 Å². The third kappa shape index (κ3) is 3.51. The van der Waals surface area contributed by atoms with Crippen LogP contribution >= 0.6 is 0 Å². The van der Waals surface area contributed by atoms with Gasteiger partial charge in [0.25, 0.3) is 5.69 Å². The van der Waals surface area contributed by atoms with Crippen LogP contribution in [0.5, 0.6) is 0 Å². The molecule has 7 rings (SSSR count). The number of nitrogens with one attached hydrogen (secondary N) is 1. The highest BCUT2D eigenvalue weighted by atomic mass is 16.6. The zero-order chi connectivity index (χ0) is 27.5. The van der Waals surface area contributed by atoms with Crippen molar-refractivity contribution in [3.63, 3.8) is 0 Å².